The van der Waals surface area contributed by atoms with Crippen LogP contribution in [0.5, 0.6) is 11.5 Å². The molecule has 9 nitrogen and oxygen atoms in total. The summed E-state index contributed by atoms with van der Waals surface area (Å²) in [6.45, 7) is 6.65. The number of phenolic OH excluding ortho intramolecular Hbond substituents is 2. The van der Waals surface area contributed by atoms with E-state index in [9.17, 15) is 35.7 Å². The van der Waals surface area contributed by atoms with Crippen LogP contribution in [0.25, 0.3) is 0 Å². The maximum absolute atomic E-state index is 11.0. The fourth-order valence-corrected chi connectivity index (χ4v) is 5.33. The Morgan fingerprint density at radius 2 is 1.67 bits per heavy atom. The summed E-state index contributed by atoms with van der Waals surface area (Å²) in [6, 6.07) is 3.34. The van der Waals surface area contributed by atoms with Gasteiger partial charge in [-0.15, -0.1) is 0 Å². The number of aliphatic hydroxyl groups excluding tert-OH is 4. The minimum absolute atomic E-state index is 0.0295. The largest absolute Gasteiger partial charge is 0.507 e. The van der Waals surface area contributed by atoms with Gasteiger partial charge < -0.3 is 45.2 Å². The van der Waals surface area contributed by atoms with Crippen molar-refractivity contribution in [3.05, 3.63) is 34.9 Å². The van der Waals surface area contributed by atoms with Gasteiger partial charge in [0.05, 0.1) is 18.3 Å². The van der Waals surface area contributed by atoms with Gasteiger partial charge in [0.1, 0.15) is 35.9 Å². The van der Waals surface area contributed by atoms with Crippen LogP contribution in [0.3, 0.4) is 0 Å². The molecule has 8 unspecified atom stereocenters. The van der Waals surface area contributed by atoms with Crippen LogP contribution in [0.2, 0.25) is 0 Å². The van der Waals surface area contributed by atoms with Gasteiger partial charge in [-0.3, -0.25) is 0 Å². The molecule has 0 spiro atoms. The lowest BCUT2D eigenvalue weighted by Crippen LogP contribution is -2.60. The summed E-state index contributed by atoms with van der Waals surface area (Å²) in [7, 11) is 0. The maximum atomic E-state index is 11.0. The summed E-state index contributed by atoms with van der Waals surface area (Å²) < 4.78 is 11.5. The monoisotopic (exact) mass is 510 g/mol. The molecular weight excluding hydrogens is 468 g/mol. The Balaban J connectivity index is 1.89. The Kier molecular flexibility index (Phi) is 9.43. The highest BCUT2D eigenvalue weighted by Gasteiger charge is 2.47. The summed E-state index contributed by atoms with van der Waals surface area (Å²) in [5.41, 5.74) is 0.690. The predicted molar refractivity (Wildman–Crippen MR) is 133 cm³/mol. The number of allylic oxidation sites excluding steroid dienone is 1. The first kappa shape index (κ1) is 28.8. The number of aryl methyl sites for hydroxylation is 1. The van der Waals surface area contributed by atoms with Crippen molar-refractivity contribution in [1.29, 1.82) is 0 Å². The number of unbranched alkanes of at least 4 members (excludes halogenated alkanes) is 2. The molecule has 0 radical (unpaired) electrons. The van der Waals surface area contributed by atoms with Gasteiger partial charge in [-0.05, 0) is 63.3 Å². The van der Waals surface area contributed by atoms with E-state index in [0.717, 1.165) is 36.8 Å². The average Bonchev–Trinajstić information content (AvgIpc) is 2.79. The van der Waals surface area contributed by atoms with E-state index >= 15 is 0 Å². The molecule has 0 amide bonds. The quantitative estimate of drug-likeness (QED) is 0.194. The number of aromatic hydroxyl groups is 2. The third-order valence-electron chi connectivity index (χ3n) is 7.50. The zero-order valence-electron chi connectivity index (χ0n) is 21.5. The minimum Gasteiger partial charge on any atom is -0.507 e. The van der Waals surface area contributed by atoms with Crippen LogP contribution < -0.4 is 0 Å². The van der Waals surface area contributed by atoms with Crippen LogP contribution in [0, 0.1) is 5.92 Å². The summed E-state index contributed by atoms with van der Waals surface area (Å²) in [5.74, 6) is -1.06. The predicted octanol–water partition coefficient (Wildman–Crippen LogP) is 1.84. The molecule has 1 aromatic carbocycles. The Labute approximate surface area is 212 Å². The summed E-state index contributed by atoms with van der Waals surface area (Å²) in [4.78, 5) is 0. The molecule has 1 fully saturated rings. The van der Waals surface area contributed by atoms with Crippen molar-refractivity contribution in [2.45, 2.75) is 108 Å². The topological polar surface area (TPSA) is 160 Å². The number of ether oxygens (including phenoxy) is 2. The highest BCUT2D eigenvalue weighted by Crippen LogP contribution is 2.48. The van der Waals surface area contributed by atoms with Crippen LogP contribution in [0.1, 0.15) is 70.4 Å². The Bertz CT molecular complexity index is 884. The molecule has 36 heavy (non-hydrogen) atoms. The molecule has 1 aliphatic heterocycles. The normalized spacial score (nSPS) is 33.4. The molecule has 204 valence electrons. The summed E-state index contributed by atoms with van der Waals surface area (Å²) in [6.07, 6.45) is -1.69. The molecule has 2 aliphatic rings. The molecule has 1 aliphatic carbocycles. The first-order chi connectivity index (χ1) is 16.9. The van der Waals surface area contributed by atoms with E-state index in [1.54, 1.807) is 32.9 Å². The van der Waals surface area contributed by atoms with E-state index in [2.05, 4.69) is 6.92 Å². The van der Waals surface area contributed by atoms with Crippen molar-refractivity contribution >= 4 is 0 Å². The molecule has 0 saturated carbocycles. The third-order valence-corrected chi connectivity index (χ3v) is 7.50. The lowest BCUT2D eigenvalue weighted by Gasteiger charge is -2.44. The number of hydrogen-bond acceptors (Lipinski definition) is 9. The van der Waals surface area contributed by atoms with Gasteiger partial charge in [0.25, 0.3) is 0 Å². The van der Waals surface area contributed by atoms with Gasteiger partial charge in [0, 0.05) is 17.4 Å². The van der Waals surface area contributed by atoms with Gasteiger partial charge in [-0.1, -0.05) is 25.8 Å². The Hall–Kier alpha value is -1.72. The SMILES string of the molecule is CCCCCc1cc(O)c(C2C=C(C)C(OC3OC(CO)C(O)C(O)C3O)CC2C(C)(C)O)c(O)c1. The lowest BCUT2D eigenvalue weighted by molar-refractivity contribution is -0.310. The van der Waals surface area contributed by atoms with Gasteiger partial charge >= 0.3 is 0 Å². The second kappa shape index (κ2) is 11.8. The molecule has 0 aromatic heterocycles. The fourth-order valence-electron chi connectivity index (χ4n) is 5.33. The average molecular weight is 511 g/mol. The molecule has 3 rings (SSSR count). The smallest absolute Gasteiger partial charge is 0.187 e. The van der Waals surface area contributed by atoms with E-state index in [1.165, 1.54) is 0 Å². The standard InChI is InChI=1S/C27H42O9/c1-5-6-7-8-15-10-18(29)22(19(30)11-15)16-9-14(2)20(12-17(16)27(3,4)34)35-26-25(33)24(32)23(31)21(13-28)36-26/h9-11,16-17,20-21,23-26,28-34H,5-8,12-13H2,1-4H3. The molecular formula is C27H42O9. The third kappa shape index (κ3) is 6.22. The zero-order chi connectivity index (χ0) is 26.8. The highest BCUT2D eigenvalue weighted by molar-refractivity contribution is 5.51. The van der Waals surface area contributed by atoms with E-state index in [-0.39, 0.29) is 17.9 Å². The van der Waals surface area contributed by atoms with Gasteiger partial charge in [0.15, 0.2) is 6.29 Å². The van der Waals surface area contributed by atoms with Crippen LogP contribution >= 0.6 is 0 Å². The zero-order valence-corrected chi connectivity index (χ0v) is 21.5. The maximum Gasteiger partial charge on any atom is 0.187 e. The van der Waals surface area contributed by atoms with Crippen molar-refractivity contribution in [1.82, 2.24) is 0 Å². The number of phenols is 2. The number of benzene rings is 1. The number of rotatable bonds is 9. The fraction of sp³-hybridized carbons (Fsp3) is 0.704. The van der Waals surface area contributed by atoms with Crippen molar-refractivity contribution in [3.8, 4) is 11.5 Å². The Morgan fingerprint density at radius 1 is 1.03 bits per heavy atom. The minimum atomic E-state index is -1.56. The molecule has 9 heteroatoms. The summed E-state index contributed by atoms with van der Waals surface area (Å²) in [5, 5.41) is 72.8. The molecule has 8 atom stereocenters. The molecule has 1 heterocycles. The van der Waals surface area contributed by atoms with E-state index < -0.39 is 60.9 Å². The van der Waals surface area contributed by atoms with Gasteiger partial charge in [-0.2, -0.15) is 0 Å². The number of aliphatic hydroxyl groups is 5. The summed E-state index contributed by atoms with van der Waals surface area (Å²) >= 11 is 0. The highest BCUT2D eigenvalue weighted by atomic mass is 16.7. The van der Waals surface area contributed by atoms with Crippen molar-refractivity contribution in [2.75, 3.05) is 6.61 Å². The molecule has 7 N–H and O–H groups in total. The molecule has 0 bridgehead atoms. The van der Waals surface area contributed by atoms with Crippen LogP contribution in [0.15, 0.2) is 23.8 Å². The van der Waals surface area contributed by atoms with Crippen LogP contribution in [-0.4, -0.2) is 84.8 Å². The van der Waals surface area contributed by atoms with Crippen molar-refractivity contribution in [2.24, 2.45) is 5.92 Å². The van der Waals surface area contributed by atoms with Crippen LogP contribution in [0.4, 0.5) is 0 Å². The molecule has 1 aromatic rings. The number of hydrogen-bond donors (Lipinski definition) is 7. The van der Waals surface area contributed by atoms with Gasteiger partial charge in [0.2, 0.25) is 0 Å². The first-order valence-electron chi connectivity index (χ1n) is 12.8. The Morgan fingerprint density at radius 3 is 2.22 bits per heavy atom. The first-order valence-corrected chi connectivity index (χ1v) is 12.8. The van der Waals surface area contributed by atoms with E-state index in [1.807, 2.05) is 6.08 Å². The molecule has 1 saturated heterocycles. The van der Waals surface area contributed by atoms with E-state index in [0.29, 0.717) is 5.56 Å². The lowest BCUT2D eigenvalue weighted by atomic mass is 9.68. The van der Waals surface area contributed by atoms with E-state index in [4.69, 9.17) is 9.47 Å². The van der Waals surface area contributed by atoms with Crippen molar-refractivity contribution < 1.29 is 45.2 Å². The van der Waals surface area contributed by atoms with Gasteiger partial charge in [-0.25, -0.2) is 0 Å². The van der Waals surface area contributed by atoms with Crippen molar-refractivity contribution in [3.63, 3.8) is 0 Å². The second-order valence-electron chi connectivity index (χ2n) is 10.8. The van der Waals surface area contributed by atoms with Crippen LogP contribution in [-0.2, 0) is 15.9 Å². The second-order valence-corrected chi connectivity index (χ2v) is 10.8.